The fraction of sp³-hybridized carbons (Fsp3) is 0.457. The van der Waals surface area contributed by atoms with Gasteiger partial charge in [0, 0.05) is 23.8 Å². The highest BCUT2D eigenvalue weighted by Crippen LogP contribution is 2.54. The third-order valence-electron chi connectivity index (χ3n) is 10.2. The maximum absolute atomic E-state index is 14.5. The molecule has 9 atom stereocenters. The summed E-state index contributed by atoms with van der Waals surface area (Å²) < 4.78 is 66.9. The van der Waals surface area contributed by atoms with Crippen LogP contribution in [-0.4, -0.2) is 106 Å². The zero-order valence-electron chi connectivity index (χ0n) is 32.7. The summed E-state index contributed by atoms with van der Waals surface area (Å²) in [6.07, 6.45) is -1.59. The number of carbonyl (C=O) groups excluding carboxylic acids is 2. The van der Waals surface area contributed by atoms with Crippen molar-refractivity contribution in [1.29, 1.82) is 0 Å². The molecule has 9 unspecified atom stereocenters. The van der Waals surface area contributed by atoms with Gasteiger partial charge in [-0.15, -0.1) is 0 Å². The van der Waals surface area contributed by atoms with E-state index in [1.54, 1.807) is 55.7 Å². The smallest absolute Gasteiger partial charge is 0.351 e. The summed E-state index contributed by atoms with van der Waals surface area (Å²) in [5.41, 5.74) is 0.0676. The second-order valence-electron chi connectivity index (χ2n) is 14.6. The van der Waals surface area contributed by atoms with Crippen molar-refractivity contribution < 1.29 is 51.2 Å². The van der Waals surface area contributed by atoms with E-state index in [9.17, 15) is 28.4 Å². The first-order chi connectivity index (χ1) is 29.2. The molecule has 3 aliphatic rings. The van der Waals surface area contributed by atoms with Crippen LogP contribution in [0.15, 0.2) is 54.1 Å². The number of hydrogen-bond donors (Lipinski definition) is 5. The van der Waals surface area contributed by atoms with Crippen molar-refractivity contribution in [2.75, 3.05) is 37.0 Å². The van der Waals surface area contributed by atoms with E-state index >= 15 is 0 Å². The quantitative estimate of drug-likeness (QED) is 0.0807. The van der Waals surface area contributed by atoms with Gasteiger partial charge in [0.05, 0.1) is 38.0 Å². The Kier molecular flexibility index (Phi) is 12.0. The Hall–Kier alpha value is -5.31. The van der Waals surface area contributed by atoms with Crippen LogP contribution in [0.5, 0.6) is 0 Å². The minimum absolute atomic E-state index is 0.0453. The molecule has 5 N–H and O–H groups in total. The highest BCUT2D eigenvalue weighted by molar-refractivity contribution is 7.51. The minimum atomic E-state index is -4.97. The van der Waals surface area contributed by atoms with Gasteiger partial charge in [0.2, 0.25) is 18.4 Å². The van der Waals surface area contributed by atoms with E-state index in [0.717, 1.165) is 0 Å². The van der Waals surface area contributed by atoms with Gasteiger partial charge in [0.15, 0.2) is 34.4 Å². The number of H-pyrrole nitrogens is 1. The van der Waals surface area contributed by atoms with Gasteiger partial charge >= 0.3 is 15.6 Å². The number of carbonyl (C=O) groups is 2. The number of phosphoric acid groups is 1. The molecular formula is C35H40N12O12P2. The predicted molar refractivity (Wildman–Crippen MR) is 211 cm³/mol. The monoisotopic (exact) mass is 882 g/mol. The molecule has 0 spiro atoms. The van der Waals surface area contributed by atoms with Crippen LogP contribution >= 0.6 is 15.6 Å². The molecule has 2 bridgehead atoms. The third-order valence-corrected chi connectivity index (χ3v) is 12.8. The summed E-state index contributed by atoms with van der Waals surface area (Å²) in [5.74, 6) is -2.06. The average Bonchev–Trinajstić information content (AvgIpc) is 4.02. The molecule has 1 aromatic carbocycles. The average molecular weight is 883 g/mol. The lowest BCUT2D eigenvalue weighted by atomic mass is 10.0. The van der Waals surface area contributed by atoms with E-state index in [4.69, 9.17) is 34.1 Å². The highest BCUT2D eigenvalue weighted by atomic mass is 31.2. The van der Waals surface area contributed by atoms with Crippen LogP contribution < -0.4 is 21.3 Å². The summed E-state index contributed by atoms with van der Waals surface area (Å²) in [5, 5.41) is 8.18. The topological polar surface area (TPSA) is 292 Å². The van der Waals surface area contributed by atoms with Gasteiger partial charge in [0.1, 0.15) is 31.4 Å². The number of imidazole rings is 2. The number of hydrogen-bond acceptors (Lipinski definition) is 16. The van der Waals surface area contributed by atoms with E-state index in [1.165, 1.54) is 23.5 Å². The van der Waals surface area contributed by atoms with Crippen LogP contribution in [0.4, 0.5) is 11.8 Å². The molecule has 26 heteroatoms. The molecule has 0 radical (unpaired) electrons. The number of phosphoric ester groups is 1. The van der Waals surface area contributed by atoms with E-state index in [0.29, 0.717) is 5.56 Å². The molecule has 24 nitrogen and oxygen atoms in total. The van der Waals surface area contributed by atoms with Crippen LogP contribution in [0.2, 0.25) is 0 Å². The van der Waals surface area contributed by atoms with Crippen LogP contribution in [0.1, 0.15) is 50.0 Å². The first-order valence-electron chi connectivity index (χ1n) is 19.0. The zero-order valence-corrected chi connectivity index (χ0v) is 34.5. The SMILES string of the molecule is [C-]#[N+]CCOP1(=O)NC2CC(n3cnc4c(NC(=O)c5ccccc5)ncnc43)OC2COP(=O)(O)OC2C(C)C(CO1)OC2n1cnc2c(=O)[nH]c(NC(=O)C(C)C)nc21. The normalized spacial score (nSPS) is 29.3. The number of nitrogens with zero attached hydrogens (tertiary/aromatic N) is 8. The number of aromatic amines is 1. The highest BCUT2D eigenvalue weighted by Gasteiger charge is 2.51. The standard InChI is InChI=1S/C35H40N12O12P2/c1-18(2)31(48)43-35-42-30-26(33(50)44-35)40-17-47(30)34-27-19(3)22(58-34)13-55-60(51,54-11-10-36-4)45-21-12-24(57-23(21)14-56-61(52,53)59-27)46-16-39-25-28(37-15-38-29(25)46)41-32(49)20-8-6-5-7-9-20/h5-9,15-19,21-24,27,34H,10-14H2,1-3H3,(H,45,51)(H,52,53)(H,37,38,41,49)(H2,42,43,44,48,50). The molecule has 0 saturated carbocycles. The molecule has 4 aromatic heterocycles. The predicted octanol–water partition coefficient (Wildman–Crippen LogP) is 3.16. The number of nitrogens with one attached hydrogen (secondary N) is 4. The largest absolute Gasteiger partial charge is 0.472 e. The van der Waals surface area contributed by atoms with Crippen LogP contribution in [0, 0.1) is 18.4 Å². The first kappa shape index (κ1) is 42.4. The van der Waals surface area contributed by atoms with Gasteiger partial charge in [-0.1, -0.05) is 39.0 Å². The second kappa shape index (κ2) is 17.2. The maximum Gasteiger partial charge on any atom is 0.472 e. The van der Waals surface area contributed by atoms with Gasteiger partial charge in [-0.05, 0) is 12.1 Å². The zero-order chi connectivity index (χ0) is 43.1. The van der Waals surface area contributed by atoms with E-state index in [2.05, 4.69) is 50.5 Å². The first-order valence-corrected chi connectivity index (χ1v) is 22.0. The van der Waals surface area contributed by atoms with Gasteiger partial charge in [0.25, 0.3) is 11.5 Å². The number of rotatable bonds is 9. The summed E-state index contributed by atoms with van der Waals surface area (Å²) in [6, 6.07) is 7.60. The van der Waals surface area contributed by atoms with Crippen molar-refractivity contribution in [3.05, 3.63) is 76.6 Å². The van der Waals surface area contributed by atoms with Gasteiger partial charge < -0.3 is 24.5 Å². The molecule has 5 aromatic rings. The fourth-order valence-corrected chi connectivity index (χ4v) is 9.57. The van der Waals surface area contributed by atoms with E-state index in [-0.39, 0.29) is 53.7 Å². The lowest BCUT2D eigenvalue weighted by Crippen LogP contribution is -2.38. The number of benzene rings is 1. The number of amides is 2. The van der Waals surface area contributed by atoms with Crippen LogP contribution in [0.25, 0.3) is 27.2 Å². The van der Waals surface area contributed by atoms with Gasteiger partial charge in [-0.25, -0.2) is 40.7 Å². The number of fused-ring (bicyclic) bond motifs is 5. The van der Waals surface area contributed by atoms with Crippen molar-refractivity contribution in [2.45, 2.75) is 64.0 Å². The Morgan fingerprint density at radius 3 is 2.54 bits per heavy atom. The Labute approximate surface area is 345 Å². The Balaban J connectivity index is 1.08. The summed E-state index contributed by atoms with van der Waals surface area (Å²) in [7, 11) is -9.30. The van der Waals surface area contributed by atoms with Gasteiger partial charge in [-0.2, -0.15) is 4.98 Å². The van der Waals surface area contributed by atoms with Crippen LogP contribution in [-0.2, 0) is 41.5 Å². The van der Waals surface area contributed by atoms with E-state index in [1.807, 2.05) is 0 Å². The Morgan fingerprint density at radius 2 is 1.77 bits per heavy atom. The molecule has 0 aliphatic carbocycles. The van der Waals surface area contributed by atoms with E-state index < -0.39 is 94.8 Å². The van der Waals surface area contributed by atoms with Crippen molar-refractivity contribution >= 4 is 61.5 Å². The molecule has 8 rings (SSSR count). The summed E-state index contributed by atoms with van der Waals surface area (Å²) in [6.45, 7) is 10.8. The van der Waals surface area contributed by atoms with Crippen molar-refractivity contribution in [3.63, 3.8) is 0 Å². The number of aromatic nitrogens is 8. The fourth-order valence-electron chi connectivity index (χ4n) is 7.01. The van der Waals surface area contributed by atoms with Crippen LogP contribution in [0.3, 0.4) is 0 Å². The van der Waals surface area contributed by atoms with Gasteiger partial charge in [-0.3, -0.25) is 51.9 Å². The molecule has 3 aliphatic heterocycles. The molecule has 61 heavy (non-hydrogen) atoms. The lowest BCUT2D eigenvalue weighted by Gasteiger charge is -2.27. The lowest BCUT2D eigenvalue weighted by molar-refractivity contribution is -0.118. The molecule has 3 saturated heterocycles. The maximum atomic E-state index is 14.5. The third kappa shape index (κ3) is 8.89. The molecule has 3 fully saturated rings. The minimum Gasteiger partial charge on any atom is -0.351 e. The molecule has 322 valence electrons. The molecular weight excluding hydrogens is 842 g/mol. The number of ether oxygens (including phenoxy) is 2. The van der Waals surface area contributed by atoms with Crippen molar-refractivity contribution in [3.8, 4) is 0 Å². The summed E-state index contributed by atoms with van der Waals surface area (Å²) >= 11 is 0. The molecule has 7 heterocycles. The van der Waals surface area contributed by atoms with Crippen molar-refractivity contribution in [1.82, 2.24) is 44.1 Å². The summed E-state index contributed by atoms with van der Waals surface area (Å²) in [4.78, 5) is 76.9. The molecule has 2 amide bonds. The Bertz CT molecular complexity index is 2650. The second-order valence-corrected chi connectivity index (χ2v) is 17.8. The van der Waals surface area contributed by atoms with Crippen molar-refractivity contribution in [2.24, 2.45) is 11.8 Å². The number of anilines is 2. The Morgan fingerprint density at radius 1 is 1.02 bits per heavy atom.